The Morgan fingerprint density at radius 1 is 1.07 bits per heavy atom. The SMILES string of the molecule is O=C(Cn1ncc(=O)c2ccccc21)Oc1ccc(N2CCCC2=O)cc1. The van der Waals surface area contributed by atoms with Crippen molar-refractivity contribution in [2.75, 3.05) is 11.4 Å². The van der Waals surface area contributed by atoms with E-state index in [1.54, 1.807) is 53.4 Å². The van der Waals surface area contributed by atoms with Crippen LogP contribution >= 0.6 is 0 Å². The fourth-order valence-corrected chi connectivity index (χ4v) is 3.19. The Morgan fingerprint density at radius 3 is 2.59 bits per heavy atom. The number of nitrogens with zero attached hydrogens (tertiary/aromatic N) is 3. The van der Waals surface area contributed by atoms with Crippen molar-refractivity contribution in [2.45, 2.75) is 19.4 Å². The minimum Gasteiger partial charge on any atom is -0.425 e. The molecule has 0 atom stereocenters. The Balaban J connectivity index is 1.48. The maximum Gasteiger partial charge on any atom is 0.333 e. The Kier molecular flexibility index (Phi) is 4.42. The molecular formula is C20H17N3O4. The molecule has 1 amide bonds. The van der Waals surface area contributed by atoms with Crippen LogP contribution in [0.3, 0.4) is 0 Å². The van der Waals surface area contributed by atoms with Crippen molar-refractivity contribution in [3.05, 3.63) is 65.0 Å². The molecule has 1 saturated heterocycles. The van der Waals surface area contributed by atoms with Crippen LogP contribution in [0.4, 0.5) is 5.69 Å². The number of carbonyl (C=O) groups is 2. The molecule has 1 aliphatic heterocycles. The first-order chi connectivity index (χ1) is 13.1. The number of hydrogen-bond donors (Lipinski definition) is 0. The van der Waals surface area contributed by atoms with Gasteiger partial charge >= 0.3 is 5.97 Å². The Labute approximate surface area is 154 Å². The van der Waals surface area contributed by atoms with Crippen molar-refractivity contribution in [1.29, 1.82) is 0 Å². The lowest BCUT2D eigenvalue weighted by Crippen LogP contribution is -2.23. The van der Waals surface area contributed by atoms with E-state index >= 15 is 0 Å². The lowest BCUT2D eigenvalue weighted by atomic mass is 10.2. The number of rotatable bonds is 4. The van der Waals surface area contributed by atoms with Crippen LogP contribution < -0.4 is 15.1 Å². The molecule has 0 unspecified atom stereocenters. The predicted molar refractivity (Wildman–Crippen MR) is 99.7 cm³/mol. The van der Waals surface area contributed by atoms with E-state index in [1.165, 1.54) is 10.9 Å². The first-order valence-corrected chi connectivity index (χ1v) is 8.68. The summed E-state index contributed by atoms with van der Waals surface area (Å²) in [5, 5.41) is 4.52. The van der Waals surface area contributed by atoms with Crippen molar-refractivity contribution in [2.24, 2.45) is 0 Å². The maximum absolute atomic E-state index is 12.3. The minimum absolute atomic E-state index is 0.107. The molecule has 2 heterocycles. The van der Waals surface area contributed by atoms with E-state index in [4.69, 9.17) is 4.74 Å². The van der Waals surface area contributed by atoms with E-state index in [-0.39, 0.29) is 17.9 Å². The summed E-state index contributed by atoms with van der Waals surface area (Å²) < 4.78 is 6.80. The molecule has 0 saturated carbocycles. The third-order valence-corrected chi connectivity index (χ3v) is 4.49. The maximum atomic E-state index is 12.3. The normalized spacial score (nSPS) is 13.9. The Morgan fingerprint density at radius 2 is 1.85 bits per heavy atom. The summed E-state index contributed by atoms with van der Waals surface area (Å²) in [5.74, 6) is -0.00188. The molecule has 7 heteroatoms. The van der Waals surface area contributed by atoms with Crippen molar-refractivity contribution >= 4 is 28.5 Å². The quantitative estimate of drug-likeness (QED) is 0.524. The van der Waals surface area contributed by atoms with Gasteiger partial charge in [0, 0.05) is 24.0 Å². The highest BCUT2D eigenvalue weighted by Gasteiger charge is 2.21. The number of anilines is 1. The number of para-hydroxylation sites is 1. The van der Waals surface area contributed by atoms with Crippen LogP contribution in [0.2, 0.25) is 0 Å². The third kappa shape index (κ3) is 3.44. The van der Waals surface area contributed by atoms with Crippen molar-refractivity contribution < 1.29 is 14.3 Å². The van der Waals surface area contributed by atoms with Crippen molar-refractivity contribution in [1.82, 2.24) is 9.78 Å². The summed E-state index contributed by atoms with van der Waals surface area (Å²) in [4.78, 5) is 37.6. The van der Waals surface area contributed by atoms with Gasteiger partial charge in [-0.25, -0.2) is 4.79 Å². The Hall–Kier alpha value is -3.48. The lowest BCUT2D eigenvalue weighted by Gasteiger charge is -2.16. The summed E-state index contributed by atoms with van der Waals surface area (Å²) >= 11 is 0. The minimum atomic E-state index is -0.499. The number of ether oxygens (including phenoxy) is 1. The largest absolute Gasteiger partial charge is 0.425 e. The van der Waals surface area contributed by atoms with Gasteiger partial charge in [0.15, 0.2) is 0 Å². The standard InChI is InChI=1S/C20H17N3O4/c24-18-12-21-23(17-5-2-1-4-16(17)18)13-20(26)27-15-9-7-14(8-10-15)22-11-3-6-19(22)25/h1-2,4-5,7-10,12H,3,6,11,13H2. The molecule has 1 aliphatic rings. The molecule has 1 aromatic heterocycles. The van der Waals surface area contributed by atoms with Gasteiger partial charge in [0.2, 0.25) is 11.3 Å². The molecule has 0 bridgehead atoms. The highest BCUT2D eigenvalue weighted by molar-refractivity contribution is 5.95. The molecule has 0 aliphatic carbocycles. The summed E-state index contributed by atoms with van der Waals surface area (Å²) in [6, 6.07) is 13.8. The van der Waals surface area contributed by atoms with Gasteiger partial charge in [0.1, 0.15) is 12.3 Å². The molecule has 4 rings (SSSR count). The summed E-state index contributed by atoms with van der Waals surface area (Å²) in [6.07, 6.45) is 2.62. The van der Waals surface area contributed by atoms with Gasteiger partial charge in [-0.15, -0.1) is 0 Å². The van der Waals surface area contributed by atoms with Crippen LogP contribution in [0.1, 0.15) is 12.8 Å². The average molecular weight is 363 g/mol. The molecular weight excluding hydrogens is 346 g/mol. The zero-order valence-electron chi connectivity index (χ0n) is 14.5. The average Bonchev–Trinajstić information content (AvgIpc) is 3.11. The van der Waals surface area contributed by atoms with Gasteiger partial charge in [-0.05, 0) is 42.8 Å². The van der Waals surface area contributed by atoms with Gasteiger partial charge in [-0.3, -0.25) is 14.3 Å². The zero-order valence-corrected chi connectivity index (χ0v) is 14.5. The molecule has 2 aromatic carbocycles. The van der Waals surface area contributed by atoms with Gasteiger partial charge < -0.3 is 9.64 Å². The van der Waals surface area contributed by atoms with Crippen molar-refractivity contribution in [3.63, 3.8) is 0 Å². The monoisotopic (exact) mass is 363 g/mol. The number of benzene rings is 2. The molecule has 27 heavy (non-hydrogen) atoms. The van der Waals surface area contributed by atoms with E-state index in [0.717, 1.165) is 12.1 Å². The van der Waals surface area contributed by atoms with E-state index in [1.807, 2.05) is 0 Å². The molecule has 0 N–H and O–H groups in total. The summed E-state index contributed by atoms with van der Waals surface area (Å²) in [6.45, 7) is 0.593. The first-order valence-electron chi connectivity index (χ1n) is 8.68. The number of fused-ring (bicyclic) bond motifs is 1. The smallest absolute Gasteiger partial charge is 0.333 e. The Bertz CT molecular complexity index is 1070. The van der Waals surface area contributed by atoms with Gasteiger partial charge in [0.05, 0.1) is 11.7 Å². The van der Waals surface area contributed by atoms with Crippen LogP contribution in [0.5, 0.6) is 5.75 Å². The fourth-order valence-electron chi connectivity index (χ4n) is 3.19. The summed E-state index contributed by atoms with van der Waals surface area (Å²) in [7, 11) is 0. The van der Waals surface area contributed by atoms with E-state index in [0.29, 0.717) is 29.6 Å². The topological polar surface area (TPSA) is 81.5 Å². The van der Waals surface area contributed by atoms with E-state index in [9.17, 15) is 14.4 Å². The molecule has 7 nitrogen and oxygen atoms in total. The van der Waals surface area contributed by atoms with E-state index < -0.39 is 5.97 Å². The molecule has 1 fully saturated rings. The first kappa shape index (κ1) is 17.0. The summed E-state index contributed by atoms with van der Waals surface area (Å²) in [5.41, 5.74) is 1.18. The highest BCUT2D eigenvalue weighted by atomic mass is 16.5. The molecule has 3 aromatic rings. The van der Waals surface area contributed by atoms with Crippen LogP contribution in [-0.2, 0) is 16.1 Å². The third-order valence-electron chi connectivity index (χ3n) is 4.49. The fraction of sp³-hybridized carbons (Fsp3) is 0.200. The van der Waals surface area contributed by atoms with Gasteiger partial charge in [0.25, 0.3) is 0 Å². The predicted octanol–water partition coefficient (Wildman–Crippen LogP) is 2.13. The van der Waals surface area contributed by atoms with Crippen LogP contribution in [0.15, 0.2) is 59.5 Å². The van der Waals surface area contributed by atoms with Gasteiger partial charge in [-0.1, -0.05) is 12.1 Å². The highest BCUT2D eigenvalue weighted by Crippen LogP contribution is 2.24. The second-order valence-corrected chi connectivity index (χ2v) is 6.30. The zero-order chi connectivity index (χ0) is 18.8. The second-order valence-electron chi connectivity index (χ2n) is 6.30. The molecule has 0 spiro atoms. The van der Waals surface area contributed by atoms with Gasteiger partial charge in [-0.2, -0.15) is 5.10 Å². The number of hydrogen-bond acceptors (Lipinski definition) is 5. The second kappa shape index (κ2) is 7.03. The number of carbonyl (C=O) groups excluding carboxylic acids is 2. The van der Waals surface area contributed by atoms with Crippen molar-refractivity contribution in [3.8, 4) is 5.75 Å². The molecule has 136 valence electrons. The molecule has 0 radical (unpaired) electrons. The number of aromatic nitrogens is 2. The number of esters is 1. The number of amides is 1. The lowest BCUT2D eigenvalue weighted by molar-refractivity contribution is -0.135. The van der Waals surface area contributed by atoms with Crippen LogP contribution in [0.25, 0.3) is 10.9 Å². The van der Waals surface area contributed by atoms with Crippen LogP contribution in [-0.4, -0.2) is 28.2 Å². The van der Waals surface area contributed by atoms with Crippen LogP contribution in [0, 0.1) is 0 Å². The van der Waals surface area contributed by atoms with E-state index in [2.05, 4.69) is 5.10 Å².